The van der Waals surface area contributed by atoms with Gasteiger partial charge in [0.05, 0.1) is 27.7 Å². The molecule has 1 heterocycles. The van der Waals surface area contributed by atoms with Crippen LogP contribution in [-0.4, -0.2) is 75.8 Å². The van der Waals surface area contributed by atoms with Crippen molar-refractivity contribution in [3.63, 3.8) is 0 Å². The summed E-state index contributed by atoms with van der Waals surface area (Å²) in [7, 11) is 1.10. The van der Waals surface area contributed by atoms with Crippen LogP contribution in [0.2, 0.25) is 0 Å². The molecular formula is C50H88NO10P. The number of quaternary nitrogens is 1. The zero-order valence-corrected chi connectivity index (χ0v) is 41.2. The number of ether oxygens (including phenoxy) is 2. The number of furan rings is 1. The third-order valence-electron chi connectivity index (χ3n) is 11.2. The number of unbranched alkanes of at least 4 members (excludes halogenated alkanes) is 18. The highest BCUT2D eigenvalue weighted by atomic mass is 31.2. The number of esters is 2. The molecule has 11 nitrogen and oxygen atoms in total. The third kappa shape index (κ3) is 32.2. The van der Waals surface area contributed by atoms with Gasteiger partial charge in [-0.1, -0.05) is 128 Å². The Balaban J connectivity index is 2.33. The molecule has 0 aliphatic rings. The van der Waals surface area contributed by atoms with Gasteiger partial charge >= 0.3 is 11.9 Å². The van der Waals surface area contributed by atoms with Crippen molar-refractivity contribution in [1.29, 1.82) is 0 Å². The lowest BCUT2D eigenvalue weighted by molar-refractivity contribution is -0.870. The number of phosphoric acid groups is 1. The van der Waals surface area contributed by atoms with Gasteiger partial charge in [0.1, 0.15) is 31.3 Å². The first-order chi connectivity index (χ1) is 29.7. The van der Waals surface area contributed by atoms with Gasteiger partial charge in [0, 0.05) is 32.1 Å². The van der Waals surface area contributed by atoms with Crippen LogP contribution in [-0.2, 0) is 50.3 Å². The van der Waals surface area contributed by atoms with E-state index in [9.17, 15) is 23.8 Å². The van der Waals surface area contributed by atoms with Gasteiger partial charge in [-0.15, -0.1) is 0 Å². The zero-order chi connectivity index (χ0) is 45.9. The van der Waals surface area contributed by atoms with Crippen LogP contribution in [0.15, 0.2) is 28.7 Å². The van der Waals surface area contributed by atoms with Gasteiger partial charge in [-0.3, -0.25) is 18.9 Å². The van der Waals surface area contributed by atoms with E-state index in [0.29, 0.717) is 30.3 Å². The van der Waals surface area contributed by atoms with E-state index in [-0.39, 0.29) is 31.8 Å². The molecule has 0 saturated heterocycles. The molecule has 1 unspecified atom stereocenters. The van der Waals surface area contributed by atoms with Gasteiger partial charge in [0.2, 0.25) is 0 Å². The first kappa shape index (κ1) is 57.5. The van der Waals surface area contributed by atoms with E-state index < -0.39 is 32.5 Å². The van der Waals surface area contributed by atoms with Crippen molar-refractivity contribution in [3.05, 3.63) is 47.0 Å². The fraction of sp³-hybridized carbons (Fsp3) is 0.780. The third-order valence-corrected chi connectivity index (χ3v) is 12.1. The summed E-state index contributed by atoms with van der Waals surface area (Å²) in [6.45, 7) is 8.36. The molecule has 62 heavy (non-hydrogen) atoms. The Hall–Kier alpha value is -2.56. The number of likely N-dealkylation sites (N-methyl/N-ethyl adjacent to an activating group) is 1. The lowest BCUT2D eigenvalue weighted by Gasteiger charge is -2.28. The topological polar surface area (TPSA) is 141 Å². The van der Waals surface area contributed by atoms with E-state index in [0.717, 1.165) is 83.5 Å². The number of nitrogens with zero attached hydrogens (tertiary/aromatic N) is 1. The number of carbonyl (C=O) groups is 3. The summed E-state index contributed by atoms with van der Waals surface area (Å²) in [5.41, 5.74) is 2.68. The molecule has 0 saturated carbocycles. The first-order valence-electron chi connectivity index (χ1n) is 24.4. The maximum Gasteiger partial charge on any atom is 0.306 e. The van der Waals surface area contributed by atoms with E-state index in [1.54, 1.807) is 6.08 Å². The van der Waals surface area contributed by atoms with Crippen molar-refractivity contribution in [3.8, 4) is 0 Å². The van der Waals surface area contributed by atoms with Crippen LogP contribution >= 0.6 is 7.82 Å². The minimum absolute atomic E-state index is 0.0504. The molecule has 0 aliphatic heterocycles. The van der Waals surface area contributed by atoms with Crippen LogP contribution in [0.3, 0.4) is 0 Å². The van der Waals surface area contributed by atoms with E-state index in [1.165, 1.54) is 80.4 Å². The maximum absolute atomic E-state index is 12.8. The minimum atomic E-state index is -4.66. The number of hydrogen-bond acceptors (Lipinski definition) is 10. The Morgan fingerprint density at radius 3 is 1.73 bits per heavy atom. The van der Waals surface area contributed by atoms with Gasteiger partial charge < -0.3 is 32.3 Å². The number of phosphoric ester groups is 1. The molecule has 1 aromatic rings. The standard InChI is InChI=1S/C50H88NO10P/c1-8-10-27-33-45(52)34-29-23-19-15-14-18-21-25-31-37-49(53)57-41-46(42-59-62(55,56)58-40-39-51(5,6)7)60-50(54)38-32-26-22-17-13-12-16-20-24-30-36-48-44(4)43(3)47(61-48)35-28-11-9-2/h19,23,29,34,46H,8-18,20-22,24-28,30-33,35-42H2,1-7H3/b23-19-,34-29+/t46-/m1/s1. The molecular weight excluding hydrogens is 806 g/mol. The second kappa shape index (κ2) is 35.7. The van der Waals surface area contributed by atoms with Gasteiger partial charge in [0.25, 0.3) is 7.82 Å². The van der Waals surface area contributed by atoms with Crippen LogP contribution in [0, 0.1) is 13.8 Å². The summed E-state index contributed by atoms with van der Waals surface area (Å²) in [6.07, 6.45) is 32.8. The number of rotatable bonds is 41. The Morgan fingerprint density at radius 2 is 1.15 bits per heavy atom. The molecule has 0 aliphatic carbocycles. The van der Waals surface area contributed by atoms with Crippen molar-refractivity contribution in [2.75, 3.05) is 47.5 Å². The fourth-order valence-electron chi connectivity index (χ4n) is 6.99. The summed E-state index contributed by atoms with van der Waals surface area (Å²) in [6, 6.07) is 0. The van der Waals surface area contributed by atoms with Gasteiger partial charge in [-0.2, -0.15) is 0 Å². The maximum atomic E-state index is 12.8. The molecule has 0 bridgehead atoms. The molecule has 0 radical (unpaired) electrons. The van der Waals surface area contributed by atoms with Crippen LogP contribution in [0.25, 0.3) is 0 Å². The summed E-state index contributed by atoms with van der Waals surface area (Å²) in [5, 5.41) is 0. The molecule has 1 rings (SSSR count). The van der Waals surface area contributed by atoms with Crippen molar-refractivity contribution < 1.29 is 51.3 Å². The number of carbonyl (C=O) groups excluding carboxylic acids is 3. The average molecular weight is 894 g/mol. The summed E-state index contributed by atoms with van der Waals surface area (Å²) >= 11 is 0. The number of hydrogen-bond donors (Lipinski definition) is 0. The number of ketones is 1. The minimum Gasteiger partial charge on any atom is -0.756 e. The van der Waals surface area contributed by atoms with Crippen LogP contribution in [0.4, 0.5) is 0 Å². The smallest absolute Gasteiger partial charge is 0.306 e. The monoisotopic (exact) mass is 894 g/mol. The molecule has 0 amide bonds. The average Bonchev–Trinajstić information content (AvgIpc) is 3.48. The highest BCUT2D eigenvalue weighted by molar-refractivity contribution is 7.45. The van der Waals surface area contributed by atoms with Crippen LogP contribution < -0.4 is 4.89 Å². The first-order valence-corrected chi connectivity index (χ1v) is 25.8. The van der Waals surface area contributed by atoms with Crippen molar-refractivity contribution in [2.45, 2.75) is 207 Å². The largest absolute Gasteiger partial charge is 0.756 e. The van der Waals surface area contributed by atoms with E-state index >= 15 is 0 Å². The lowest BCUT2D eigenvalue weighted by atomic mass is 10.0. The highest BCUT2D eigenvalue weighted by Crippen LogP contribution is 2.38. The second-order valence-electron chi connectivity index (χ2n) is 18.1. The summed E-state index contributed by atoms with van der Waals surface area (Å²) in [5.74, 6) is 1.63. The Labute approximate surface area is 377 Å². The van der Waals surface area contributed by atoms with E-state index in [2.05, 4.69) is 33.8 Å². The summed E-state index contributed by atoms with van der Waals surface area (Å²) < 4.78 is 40.2. The molecule has 0 spiro atoms. The van der Waals surface area contributed by atoms with Crippen molar-refractivity contribution >= 4 is 25.5 Å². The highest BCUT2D eigenvalue weighted by Gasteiger charge is 2.22. The number of aryl methyl sites for hydroxylation is 2. The fourth-order valence-corrected chi connectivity index (χ4v) is 7.72. The second-order valence-corrected chi connectivity index (χ2v) is 19.5. The quantitative estimate of drug-likeness (QED) is 0.0156. The molecule has 2 atom stereocenters. The predicted octanol–water partition coefficient (Wildman–Crippen LogP) is 12.1. The summed E-state index contributed by atoms with van der Waals surface area (Å²) in [4.78, 5) is 49.5. The molecule has 12 heteroatoms. The normalized spacial score (nSPS) is 13.5. The van der Waals surface area contributed by atoms with Crippen LogP contribution in [0.5, 0.6) is 0 Å². The van der Waals surface area contributed by atoms with Gasteiger partial charge in [-0.05, 0) is 76.0 Å². The number of allylic oxidation sites excluding steroid dienone is 4. The van der Waals surface area contributed by atoms with Crippen LogP contribution in [0.1, 0.15) is 197 Å². The molecule has 0 fully saturated rings. The van der Waals surface area contributed by atoms with Crippen molar-refractivity contribution in [2.24, 2.45) is 0 Å². The Kier molecular flexibility index (Phi) is 33.1. The molecule has 0 N–H and O–H groups in total. The Bertz CT molecular complexity index is 1450. The van der Waals surface area contributed by atoms with Gasteiger partial charge in [-0.25, -0.2) is 0 Å². The predicted molar refractivity (Wildman–Crippen MR) is 249 cm³/mol. The molecule has 1 aromatic heterocycles. The van der Waals surface area contributed by atoms with E-state index in [4.69, 9.17) is 22.9 Å². The lowest BCUT2D eigenvalue weighted by Crippen LogP contribution is -2.37. The molecule has 0 aromatic carbocycles. The van der Waals surface area contributed by atoms with Gasteiger partial charge in [0.15, 0.2) is 11.9 Å². The molecule has 358 valence electrons. The SMILES string of the molecule is CCCCCC(=O)/C=C/C=C\CCCCCCCC(=O)OC[C@H](COP(=O)([O-])OCC[N+](C)(C)C)OC(=O)CCCCCCCCCCCCc1oc(CCCCC)c(C)c1C. The Morgan fingerprint density at radius 1 is 0.645 bits per heavy atom. The zero-order valence-electron chi connectivity index (χ0n) is 40.3. The van der Waals surface area contributed by atoms with E-state index in [1.807, 2.05) is 33.3 Å². The van der Waals surface area contributed by atoms with Crippen molar-refractivity contribution in [1.82, 2.24) is 0 Å².